The van der Waals surface area contributed by atoms with Crippen LogP contribution in [0.3, 0.4) is 0 Å². The molecule has 1 aliphatic rings. The summed E-state index contributed by atoms with van der Waals surface area (Å²) >= 11 is 1.50. The van der Waals surface area contributed by atoms with E-state index in [1.165, 1.54) is 11.3 Å². The van der Waals surface area contributed by atoms with Gasteiger partial charge in [0.05, 0.1) is 0 Å². The molecule has 0 radical (unpaired) electrons. The van der Waals surface area contributed by atoms with Crippen molar-refractivity contribution in [1.82, 2.24) is 15.1 Å². The van der Waals surface area contributed by atoms with Crippen molar-refractivity contribution in [3.63, 3.8) is 0 Å². The van der Waals surface area contributed by atoms with Crippen molar-refractivity contribution in [3.8, 4) is 11.6 Å². The van der Waals surface area contributed by atoms with Crippen molar-refractivity contribution in [2.24, 2.45) is 5.73 Å². The average Bonchev–Trinajstić information content (AvgIpc) is 3.19. The molecular weight excluding hydrogens is 276 g/mol. The molecular formula is C13H18N4O2S. The lowest BCUT2D eigenvalue weighted by molar-refractivity contribution is -0.0469. The van der Waals surface area contributed by atoms with Crippen LogP contribution in [0.5, 0.6) is 0 Å². The fourth-order valence-electron chi connectivity index (χ4n) is 2.67. The van der Waals surface area contributed by atoms with E-state index in [4.69, 9.17) is 15.0 Å². The van der Waals surface area contributed by atoms with Gasteiger partial charge >= 0.3 is 0 Å². The highest BCUT2D eigenvalue weighted by molar-refractivity contribution is 7.09. The van der Waals surface area contributed by atoms with Gasteiger partial charge in [0, 0.05) is 18.5 Å². The first-order chi connectivity index (χ1) is 9.77. The Morgan fingerprint density at radius 1 is 1.40 bits per heavy atom. The van der Waals surface area contributed by atoms with Crippen LogP contribution in [0.2, 0.25) is 0 Å². The Hall–Kier alpha value is -1.31. The van der Waals surface area contributed by atoms with E-state index in [2.05, 4.69) is 15.1 Å². The van der Waals surface area contributed by atoms with E-state index < -0.39 is 0 Å². The molecule has 6 nitrogen and oxygen atoms in total. The lowest BCUT2D eigenvalue weighted by atomic mass is 10.0. The minimum absolute atomic E-state index is 0.372. The highest BCUT2D eigenvalue weighted by Crippen LogP contribution is 2.41. The molecule has 2 aromatic rings. The molecule has 0 spiro atoms. The van der Waals surface area contributed by atoms with Gasteiger partial charge in [0.25, 0.3) is 5.89 Å². The maximum absolute atomic E-state index is 5.93. The number of aromatic nitrogens is 3. The number of hydrogen-bond acceptors (Lipinski definition) is 7. The van der Waals surface area contributed by atoms with E-state index >= 15 is 0 Å². The molecule has 108 valence electrons. The number of hydrogen-bond donors (Lipinski definition) is 1. The smallest absolute Gasteiger partial charge is 0.277 e. The summed E-state index contributed by atoms with van der Waals surface area (Å²) in [6.45, 7) is 3.07. The predicted octanol–water partition coefficient (Wildman–Crippen LogP) is 2.46. The van der Waals surface area contributed by atoms with E-state index in [0.717, 1.165) is 30.7 Å². The van der Waals surface area contributed by atoms with Crippen molar-refractivity contribution in [1.29, 1.82) is 0 Å². The third-order valence-electron chi connectivity index (χ3n) is 3.61. The lowest BCUT2D eigenvalue weighted by Gasteiger charge is -2.24. The summed E-state index contributed by atoms with van der Waals surface area (Å²) in [5, 5.41) is 6.87. The first-order valence-corrected chi connectivity index (χ1v) is 7.78. The summed E-state index contributed by atoms with van der Waals surface area (Å²) in [6, 6.07) is 0. The summed E-state index contributed by atoms with van der Waals surface area (Å²) in [7, 11) is 0. The molecule has 2 heterocycles. The summed E-state index contributed by atoms with van der Waals surface area (Å²) in [5.41, 5.74) is 5.89. The van der Waals surface area contributed by atoms with Crippen LogP contribution in [-0.2, 0) is 16.9 Å². The third-order valence-corrected chi connectivity index (χ3v) is 4.48. The van der Waals surface area contributed by atoms with Crippen molar-refractivity contribution >= 4 is 11.3 Å². The minimum atomic E-state index is -0.372. The van der Waals surface area contributed by atoms with E-state index in [9.17, 15) is 0 Å². The molecule has 7 heteroatoms. The zero-order valence-electron chi connectivity index (χ0n) is 11.5. The first kappa shape index (κ1) is 13.7. The Morgan fingerprint density at radius 2 is 2.20 bits per heavy atom. The zero-order valence-corrected chi connectivity index (χ0v) is 12.3. The molecule has 0 aliphatic heterocycles. The van der Waals surface area contributed by atoms with Gasteiger partial charge in [-0.2, -0.15) is 4.98 Å². The number of ether oxygens (including phenoxy) is 1. The van der Waals surface area contributed by atoms with Gasteiger partial charge in [-0.05, 0) is 32.6 Å². The number of nitrogens with zero attached hydrogens (tertiary/aromatic N) is 3. The number of thiazole rings is 1. The molecule has 1 fully saturated rings. The molecule has 0 aromatic carbocycles. The van der Waals surface area contributed by atoms with Gasteiger partial charge in [0.15, 0.2) is 0 Å². The van der Waals surface area contributed by atoms with Crippen LogP contribution in [0.25, 0.3) is 11.6 Å². The topological polar surface area (TPSA) is 87.1 Å². The van der Waals surface area contributed by atoms with Crippen LogP contribution in [0, 0.1) is 0 Å². The lowest BCUT2D eigenvalue weighted by Crippen LogP contribution is -2.27. The van der Waals surface area contributed by atoms with Crippen LogP contribution in [0.15, 0.2) is 9.90 Å². The Morgan fingerprint density at radius 3 is 2.85 bits per heavy atom. The minimum Gasteiger partial charge on any atom is -0.367 e. The normalized spacial score (nSPS) is 17.7. The highest BCUT2D eigenvalue weighted by atomic mass is 32.1. The molecule has 3 rings (SSSR count). The van der Waals surface area contributed by atoms with E-state index in [-0.39, 0.29) is 5.60 Å². The highest BCUT2D eigenvalue weighted by Gasteiger charge is 2.41. The molecule has 0 atom stereocenters. The summed E-state index contributed by atoms with van der Waals surface area (Å²) in [5.74, 6) is 1.09. The van der Waals surface area contributed by atoms with Crippen molar-refractivity contribution in [3.05, 3.63) is 16.2 Å². The van der Waals surface area contributed by atoms with Crippen LogP contribution >= 0.6 is 11.3 Å². The molecule has 0 amide bonds. The second-order valence-corrected chi connectivity index (χ2v) is 5.83. The van der Waals surface area contributed by atoms with Crippen LogP contribution in [-0.4, -0.2) is 21.7 Å². The summed E-state index contributed by atoms with van der Waals surface area (Å²) < 4.78 is 11.3. The maximum Gasteiger partial charge on any atom is 0.277 e. The average molecular weight is 294 g/mol. The second kappa shape index (κ2) is 5.59. The first-order valence-electron chi connectivity index (χ1n) is 6.90. The molecule has 1 saturated carbocycles. The number of rotatable bonds is 5. The fourth-order valence-corrected chi connectivity index (χ4v) is 3.32. The molecule has 0 bridgehead atoms. The molecule has 2 aromatic heterocycles. The fraction of sp³-hybridized carbons (Fsp3) is 0.615. The van der Waals surface area contributed by atoms with Crippen LogP contribution in [0.4, 0.5) is 0 Å². The predicted molar refractivity (Wildman–Crippen MR) is 75.1 cm³/mol. The molecule has 2 N–H and O–H groups in total. The maximum atomic E-state index is 5.93. The monoisotopic (exact) mass is 294 g/mol. The van der Waals surface area contributed by atoms with Crippen LogP contribution in [0.1, 0.15) is 43.4 Å². The van der Waals surface area contributed by atoms with Gasteiger partial charge < -0.3 is 15.0 Å². The standard InChI is InChI=1S/C13H18N4O2S/c1-2-18-13(5-3-4-6-13)12-16-11(19-17-12)9-8-20-10(7-14)15-9/h8H,2-7,14H2,1H3. The molecule has 0 saturated heterocycles. The van der Waals surface area contributed by atoms with Crippen molar-refractivity contribution in [2.75, 3.05) is 6.61 Å². The van der Waals surface area contributed by atoms with Crippen molar-refractivity contribution < 1.29 is 9.26 Å². The van der Waals surface area contributed by atoms with Gasteiger partial charge in [0.2, 0.25) is 5.82 Å². The van der Waals surface area contributed by atoms with Crippen LogP contribution < -0.4 is 5.73 Å². The van der Waals surface area contributed by atoms with Gasteiger partial charge in [-0.15, -0.1) is 11.3 Å². The van der Waals surface area contributed by atoms with E-state index in [0.29, 0.717) is 30.6 Å². The largest absolute Gasteiger partial charge is 0.367 e. The van der Waals surface area contributed by atoms with Crippen molar-refractivity contribution in [2.45, 2.75) is 44.8 Å². The summed E-state index contributed by atoms with van der Waals surface area (Å²) in [6.07, 6.45) is 4.17. The third kappa shape index (κ3) is 2.36. The zero-order chi connectivity index (χ0) is 14.0. The molecule has 20 heavy (non-hydrogen) atoms. The summed E-state index contributed by atoms with van der Waals surface area (Å²) in [4.78, 5) is 8.87. The Balaban J connectivity index is 1.88. The van der Waals surface area contributed by atoms with E-state index in [1.54, 1.807) is 0 Å². The Kier molecular flexibility index (Phi) is 3.82. The van der Waals surface area contributed by atoms with Gasteiger partial charge in [-0.3, -0.25) is 0 Å². The number of nitrogens with two attached hydrogens (primary N) is 1. The van der Waals surface area contributed by atoms with Gasteiger partial charge in [0.1, 0.15) is 16.3 Å². The Bertz CT molecular complexity index is 574. The van der Waals surface area contributed by atoms with Gasteiger partial charge in [-0.25, -0.2) is 4.98 Å². The SMILES string of the molecule is CCOC1(c2noc(-c3csc(CN)n3)n2)CCCC1. The quantitative estimate of drug-likeness (QED) is 0.911. The van der Waals surface area contributed by atoms with Gasteiger partial charge in [-0.1, -0.05) is 5.16 Å². The Labute approximate surface area is 121 Å². The second-order valence-electron chi connectivity index (χ2n) is 4.89. The molecule has 1 aliphatic carbocycles. The molecule has 0 unspecified atom stereocenters. The van der Waals surface area contributed by atoms with E-state index in [1.807, 2.05) is 12.3 Å².